The molecule has 1 heterocycles. The topological polar surface area (TPSA) is 58.4 Å². The van der Waals surface area contributed by atoms with Gasteiger partial charge in [-0.3, -0.25) is 14.3 Å². The number of para-hydroxylation sites is 1. The number of anilines is 1. The Morgan fingerprint density at radius 3 is 2.52 bits per heavy atom. The minimum Gasteiger partial charge on any atom is -0.339 e. The smallest absolute Gasteiger partial charge is 0.250 e. The lowest BCUT2D eigenvalue weighted by Gasteiger charge is -2.27. The highest BCUT2D eigenvalue weighted by atomic mass is 16.2. The molecule has 0 fully saturated rings. The van der Waals surface area contributed by atoms with Crippen molar-refractivity contribution in [1.82, 2.24) is 14.7 Å². The van der Waals surface area contributed by atoms with Gasteiger partial charge in [0.05, 0.1) is 12.2 Å². The van der Waals surface area contributed by atoms with Crippen LogP contribution >= 0.6 is 0 Å². The molecule has 0 atom stereocenters. The lowest BCUT2D eigenvalue weighted by atomic mass is 10.1. The highest BCUT2D eigenvalue weighted by molar-refractivity contribution is 6.01. The number of carbonyl (C=O) groups excluding carboxylic acids is 2. The maximum absolute atomic E-state index is 12.5. The molecule has 0 radical (unpaired) electrons. The quantitative estimate of drug-likeness (QED) is 0.728. The first-order valence-electron chi connectivity index (χ1n) is 8.22. The van der Waals surface area contributed by atoms with Gasteiger partial charge in [0.1, 0.15) is 0 Å². The van der Waals surface area contributed by atoms with Crippen molar-refractivity contribution in [2.24, 2.45) is 7.05 Å². The fourth-order valence-corrected chi connectivity index (χ4v) is 2.67. The van der Waals surface area contributed by atoms with Crippen LogP contribution in [0.4, 0.5) is 5.69 Å². The first kappa shape index (κ1) is 18.4. The van der Waals surface area contributed by atoms with E-state index in [2.05, 4.69) is 11.7 Å². The maximum Gasteiger partial charge on any atom is 0.250 e. The van der Waals surface area contributed by atoms with Crippen molar-refractivity contribution < 1.29 is 9.59 Å². The molecule has 25 heavy (non-hydrogen) atoms. The molecule has 2 amide bonds. The summed E-state index contributed by atoms with van der Waals surface area (Å²) in [6.45, 7) is 8.55. The summed E-state index contributed by atoms with van der Waals surface area (Å²) in [5.41, 5.74) is 2.59. The summed E-state index contributed by atoms with van der Waals surface area (Å²) in [4.78, 5) is 27.7. The number of nitrogens with zero attached hydrogens (tertiary/aromatic N) is 4. The van der Waals surface area contributed by atoms with Gasteiger partial charge < -0.3 is 9.80 Å². The van der Waals surface area contributed by atoms with Crippen LogP contribution < -0.4 is 4.90 Å². The molecule has 1 aromatic carbocycles. The van der Waals surface area contributed by atoms with Crippen LogP contribution in [0.2, 0.25) is 0 Å². The summed E-state index contributed by atoms with van der Waals surface area (Å²) in [6, 6.07) is 9.50. The molecule has 2 aromatic rings. The highest BCUT2D eigenvalue weighted by Gasteiger charge is 2.19. The third-order valence-electron chi connectivity index (χ3n) is 4.15. The van der Waals surface area contributed by atoms with Crippen molar-refractivity contribution >= 4 is 17.5 Å². The van der Waals surface area contributed by atoms with Gasteiger partial charge in [-0.25, -0.2) is 0 Å². The van der Waals surface area contributed by atoms with Crippen LogP contribution in [0.15, 0.2) is 49.2 Å². The van der Waals surface area contributed by atoms with Gasteiger partial charge in [0.2, 0.25) is 5.91 Å². The Hall–Kier alpha value is -2.89. The largest absolute Gasteiger partial charge is 0.339 e. The Morgan fingerprint density at radius 1 is 1.24 bits per heavy atom. The van der Waals surface area contributed by atoms with Crippen molar-refractivity contribution in [3.8, 4) is 0 Å². The third kappa shape index (κ3) is 4.35. The zero-order chi connectivity index (χ0) is 18.4. The standard InChI is InChI=1S/C19H24N4O2/c1-5-19(25)23(14-17-11-12-20-21(17)4)18-10-8-7-9-16(18)13-22(6-2)15(3)24/h5,7-12H,1,6,13-14H2,2-4H3. The van der Waals surface area contributed by atoms with Gasteiger partial charge in [0.15, 0.2) is 0 Å². The van der Waals surface area contributed by atoms with Gasteiger partial charge in [0, 0.05) is 38.9 Å². The summed E-state index contributed by atoms with van der Waals surface area (Å²) in [5.74, 6) is -0.190. The molecule has 0 saturated carbocycles. The lowest BCUT2D eigenvalue weighted by Crippen LogP contribution is -2.32. The SMILES string of the molecule is C=CC(=O)N(Cc1ccnn1C)c1ccccc1CN(CC)C(C)=O. The van der Waals surface area contributed by atoms with Crippen molar-refractivity contribution in [3.63, 3.8) is 0 Å². The number of aryl methyl sites for hydroxylation is 1. The molecular weight excluding hydrogens is 316 g/mol. The molecule has 2 rings (SSSR count). The number of aromatic nitrogens is 2. The van der Waals surface area contributed by atoms with Gasteiger partial charge in [-0.2, -0.15) is 5.10 Å². The second-order valence-electron chi connectivity index (χ2n) is 5.74. The zero-order valence-electron chi connectivity index (χ0n) is 15.0. The second kappa shape index (κ2) is 8.28. The van der Waals surface area contributed by atoms with E-state index < -0.39 is 0 Å². The predicted octanol–water partition coefficient (Wildman–Crippen LogP) is 2.51. The molecule has 132 valence electrons. The minimum absolute atomic E-state index is 0.00512. The molecule has 0 spiro atoms. The van der Waals surface area contributed by atoms with Crippen LogP contribution in [0.5, 0.6) is 0 Å². The molecule has 0 bridgehead atoms. The monoisotopic (exact) mass is 340 g/mol. The van der Waals surface area contributed by atoms with Crippen LogP contribution in [0.25, 0.3) is 0 Å². The normalized spacial score (nSPS) is 10.4. The molecule has 0 N–H and O–H groups in total. The van der Waals surface area contributed by atoms with Crippen LogP contribution in [0.1, 0.15) is 25.1 Å². The van der Waals surface area contributed by atoms with Crippen molar-refractivity contribution in [2.45, 2.75) is 26.9 Å². The summed E-state index contributed by atoms with van der Waals surface area (Å²) < 4.78 is 1.74. The Morgan fingerprint density at radius 2 is 1.96 bits per heavy atom. The highest BCUT2D eigenvalue weighted by Crippen LogP contribution is 2.24. The van der Waals surface area contributed by atoms with Gasteiger partial charge in [-0.05, 0) is 30.7 Å². The van der Waals surface area contributed by atoms with Gasteiger partial charge >= 0.3 is 0 Å². The van der Waals surface area contributed by atoms with E-state index in [9.17, 15) is 9.59 Å². The molecule has 6 nitrogen and oxygen atoms in total. The van der Waals surface area contributed by atoms with E-state index in [4.69, 9.17) is 0 Å². The van der Waals surface area contributed by atoms with Crippen LogP contribution in [-0.2, 0) is 29.7 Å². The first-order valence-corrected chi connectivity index (χ1v) is 8.22. The molecule has 0 saturated heterocycles. The van der Waals surface area contributed by atoms with Crippen LogP contribution in [-0.4, -0.2) is 33.0 Å². The number of benzene rings is 1. The minimum atomic E-state index is -0.195. The van der Waals surface area contributed by atoms with Gasteiger partial charge in [-0.1, -0.05) is 24.8 Å². The molecular formula is C19H24N4O2. The second-order valence-corrected chi connectivity index (χ2v) is 5.74. The van der Waals surface area contributed by atoms with E-state index in [1.54, 1.807) is 27.6 Å². The van der Waals surface area contributed by atoms with Crippen molar-refractivity contribution in [2.75, 3.05) is 11.4 Å². The Labute approximate surface area is 148 Å². The Balaban J connectivity index is 2.40. The van der Waals surface area contributed by atoms with Crippen LogP contribution in [0.3, 0.4) is 0 Å². The number of amides is 2. The fourth-order valence-electron chi connectivity index (χ4n) is 2.67. The van der Waals surface area contributed by atoms with E-state index in [0.29, 0.717) is 19.6 Å². The van der Waals surface area contributed by atoms with Gasteiger partial charge in [0.25, 0.3) is 5.91 Å². The van der Waals surface area contributed by atoms with E-state index in [1.807, 2.05) is 44.3 Å². The fraction of sp³-hybridized carbons (Fsp3) is 0.316. The molecule has 1 aromatic heterocycles. The zero-order valence-corrected chi connectivity index (χ0v) is 15.0. The van der Waals surface area contributed by atoms with Crippen molar-refractivity contribution in [1.29, 1.82) is 0 Å². The van der Waals surface area contributed by atoms with Gasteiger partial charge in [-0.15, -0.1) is 0 Å². The number of hydrogen-bond acceptors (Lipinski definition) is 3. The van der Waals surface area contributed by atoms with Crippen LogP contribution in [0, 0.1) is 0 Å². The summed E-state index contributed by atoms with van der Waals surface area (Å²) in [6.07, 6.45) is 3.00. The number of carbonyl (C=O) groups is 2. The average molecular weight is 340 g/mol. The summed E-state index contributed by atoms with van der Waals surface area (Å²) in [7, 11) is 1.84. The molecule has 0 unspecified atom stereocenters. The van der Waals surface area contributed by atoms with E-state index in [-0.39, 0.29) is 11.8 Å². The van der Waals surface area contributed by atoms with E-state index >= 15 is 0 Å². The van der Waals surface area contributed by atoms with E-state index in [0.717, 1.165) is 16.9 Å². The van der Waals surface area contributed by atoms with E-state index in [1.165, 1.54) is 6.08 Å². The Bertz CT molecular complexity index is 766. The lowest BCUT2D eigenvalue weighted by molar-refractivity contribution is -0.129. The average Bonchev–Trinajstić information content (AvgIpc) is 3.01. The number of rotatable bonds is 7. The molecule has 0 aliphatic heterocycles. The summed E-state index contributed by atoms with van der Waals surface area (Å²) in [5, 5.41) is 4.16. The molecule has 6 heteroatoms. The summed E-state index contributed by atoms with van der Waals surface area (Å²) >= 11 is 0. The first-order chi connectivity index (χ1) is 12.0. The maximum atomic E-state index is 12.5. The Kier molecular flexibility index (Phi) is 6.11. The predicted molar refractivity (Wildman–Crippen MR) is 97.8 cm³/mol. The molecule has 0 aliphatic rings. The molecule has 0 aliphatic carbocycles. The number of hydrogen-bond donors (Lipinski definition) is 0. The third-order valence-corrected chi connectivity index (χ3v) is 4.15. The van der Waals surface area contributed by atoms with Crippen molar-refractivity contribution in [3.05, 3.63) is 60.4 Å².